The Bertz CT molecular complexity index is 1540. The van der Waals surface area contributed by atoms with E-state index in [1.165, 1.54) is 6.21 Å². The second-order valence-corrected chi connectivity index (χ2v) is 9.51. The lowest BCUT2D eigenvalue weighted by Gasteiger charge is -2.13. The molecule has 4 aromatic rings. The summed E-state index contributed by atoms with van der Waals surface area (Å²) in [4.78, 5) is 25.3. The van der Waals surface area contributed by atoms with Gasteiger partial charge in [-0.2, -0.15) is 5.10 Å². The number of halogens is 1. The van der Waals surface area contributed by atoms with E-state index < -0.39 is 5.91 Å². The smallest absolute Gasteiger partial charge is 0.272 e. The van der Waals surface area contributed by atoms with Crippen molar-refractivity contribution < 1.29 is 19.1 Å². The highest BCUT2D eigenvalue weighted by atomic mass is 35.5. The fourth-order valence-corrected chi connectivity index (χ4v) is 4.37. The molecule has 2 amide bonds. The molecule has 0 bridgehead atoms. The van der Waals surface area contributed by atoms with Crippen LogP contribution in [-0.4, -0.2) is 35.8 Å². The molecule has 0 aliphatic carbocycles. The number of amides is 2. The Morgan fingerprint density at radius 1 is 0.925 bits per heavy atom. The number of carbonyl (C=O) groups excluding carboxylic acids is 2. The van der Waals surface area contributed by atoms with Crippen LogP contribution in [0.4, 0.5) is 5.69 Å². The highest BCUT2D eigenvalue weighted by molar-refractivity contribution is 6.33. The monoisotopic (exact) mass is 558 g/mol. The van der Waals surface area contributed by atoms with Gasteiger partial charge in [0.15, 0.2) is 18.1 Å². The molecule has 8 nitrogen and oxygen atoms in total. The summed E-state index contributed by atoms with van der Waals surface area (Å²) in [6.45, 7) is 7.99. The van der Waals surface area contributed by atoms with E-state index in [1.54, 1.807) is 30.3 Å². The van der Waals surface area contributed by atoms with E-state index in [1.807, 2.05) is 74.7 Å². The molecule has 0 saturated carbocycles. The second kappa shape index (κ2) is 13.0. The Kier molecular flexibility index (Phi) is 9.24. The van der Waals surface area contributed by atoms with Gasteiger partial charge in [0.05, 0.1) is 23.4 Å². The molecule has 9 heteroatoms. The number of aromatic nitrogens is 1. The lowest BCUT2D eigenvalue weighted by Crippen LogP contribution is -2.21. The summed E-state index contributed by atoms with van der Waals surface area (Å²) in [5, 5.41) is 7.26. The van der Waals surface area contributed by atoms with Crippen molar-refractivity contribution in [2.45, 2.75) is 27.7 Å². The van der Waals surface area contributed by atoms with E-state index >= 15 is 0 Å². The van der Waals surface area contributed by atoms with Gasteiger partial charge >= 0.3 is 0 Å². The number of anilines is 1. The number of carbonyl (C=O) groups is 2. The van der Waals surface area contributed by atoms with Gasteiger partial charge in [-0.15, -0.1) is 0 Å². The maximum absolute atomic E-state index is 12.9. The molecule has 0 saturated heterocycles. The summed E-state index contributed by atoms with van der Waals surface area (Å²) in [6, 6.07) is 22.0. The van der Waals surface area contributed by atoms with Gasteiger partial charge in [0.25, 0.3) is 11.8 Å². The van der Waals surface area contributed by atoms with Crippen LogP contribution in [0.3, 0.4) is 0 Å². The fraction of sp³-hybridized carbons (Fsp3) is 0.194. The molecule has 206 valence electrons. The number of para-hydroxylation sites is 1. The SMILES string of the molecule is CCOc1cc(C=NNC(=O)c2cc(-n3c(C)ccc3C)ccc2Cl)ccc1OCC(=O)Nc1ccccc1C. The highest BCUT2D eigenvalue weighted by Gasteiger charge is 2.14. The summed E-state index contributed by atoms with van der Waals surface area (Å²) in [7, 11) is 0. The molecule has 0 aliphatic rings. The topological polar surface area (TPSA) is 93.9 Å². The molecule has 0 radical (unpaired) electrons. The zero-order valence-corrected chi connectivity index (χ0v) is 23.6. The van der Waals surface area contributed by atoms with Gasteiger partial charge in [0.2, 0.25) is 0 Å². The van der Waals surface area contributed by atoms with Crippen molar-refractivity contribution in [3.8, 4) is 17.2 Å². The Labute approximate surface area is 238 Å². The van der Waals surface area contributed by atoms with E-state index in [-0.39, 0.29) is 12.5 Å². The molecule has 0 atom stereocenters. The minimum atomic E-state index is -0.435. The molecular weight excluding hydrogens is 528 g/mol. The van der Waals surface area contributed by atoms with Crippen molar-refractivity contribution in [1.29, 1.82) is 0 Å². The molecular formula is C31H31ClN4O4. The Balaban J connectivity index is 1.41. The van der Waals surface area contributed by atoms with E-state index in [4.69, 9.17) is 21.1 Å². The third kappa shape index (κ3) is 6.90. The van der Waals surface area contributed by atoms with Crippen molar-refractivity contribution >= 4 is 35.3 Å². The van der Waals surface area contributed by atoms with E-state index in [2.05, 4.69) is 15.8 Å². The van der Waals surface area contributed by atoms with Gasteiger partial charge in [-0.05, 0) is 93.4 Å². The maximum atomic E-state index is 12.9. The molecule has 0 aliphatic heterocycles. The van der Waals surface area contributed by atoms with Crippen LogP contribution in [-0.2, 0) is 4.79 Å². The van der Waals surface area contributed by atoms with E-state index in [9.17, 15) is 9.59 Å². The van der Waals surface area contributed by atoms with Crippen LogP contribution >= 0.6 is 11.6 Å². The Hall–Kier alpha value is -4.56. The summed E-state index contributed by atoms with van der Waals surface area (Å²) in [5.41, 5.74) is 8.14. The Morgan fingerprint density at radius 3 is 2.40 bits per heavy atom. The zero-order chi connectivity index (χ0) is 28.6. The molecule has 4 rings (SSSR count). The molecule has 1 heterocycles. The number of hydrogen-bond acceptors (Lipinski definition) is 5. The molecule has 40 heavy (non-hydrogen) atoms. The van der Waals surface area contributed by atoms with Gasteiger partial charge in [-0.25, -0.2) is 5.43 Å². The minimum Gasteiger partial charge on any atom is -0.490 e. The summed E-state index contributed by atoms with van der Waals surface area (Å²) < 4.78 is 13.5. The van der Waals surface area contributed by atoms with Gasteiger partial charge < -0.3 is 19.4 Å². The van der Waals surface area contributed by atoms with Crippen LogP contribution in [0.2, 0.25) is 5.02 Å². The number of ether oxygens (including phenoxy) is 2. The molecule has 3 aromatic carbocycles. The van der Waals surface area contributed by atoms with E-state index in [0.717, 1.165) is 28.3 Å². The van der Waals surface area contributed by atoms with Crippen molar-refractivity contribution in [2.24, 2.45) is 5.10 Å². The van der Waals surface area contributed by atoms with Crippen LogP contribution in [0.25, 0.3) is 5.69 Å². The average Bonchev–Trinajstić information content (AvgIpc) is 3.27. The van der Waals surface area contributed by atoms with Crippen LogP contribution in [0, 0.1) is 20.8 Å². The lowest BCUT2D eigenvalue weighted by atomic mass is 10.2. The number of aryl methyl sites for hydroxylation is 3. The lowest BCUT2D eigenvalue weighted by molar-refractivity contribution is -0.118. The first-order valence-corrected chi connectivity index (χ1v) is 13.2. The van der Waals surface area contributed by atoms with Gasteiger partial charge in [0.1, 0.15) is 0 Å². The molecule has 1 aromatic heterocycles. The number of rotatable bonds is 10. The number of hydrazone groups is 1. The normalized spacial score (nSPS) is 10.9. The summed E-state index contributed by atoms with van der Waals surface area (Å²) in [6.07, 6.45) is 1.49. The second-order valence-electron chi connectivity index (χ2n) is 9.11. The van der Waals surface area contributed by atoms with Gasteiger partial charge in [-0.1, -0.05) is 29.8 Å². The number of benzene rings is 3. The van der Waals surface area contributed by atoms with Crippen LogP contribution in [0.15, 0.2) is 77.9 Å². The summed E-state index contributed by atoms with van der Waals surface area (Å²) in [5.74, 6) is 0.155. The largest absolute Gasteiger partial charge is 0.490 e. The van der Waals surface area contributed by atoms with Crippen LogP contribution in [0.1, 0.15) is 39.8 Å². The summed E-state index contributed by atoms with van der Waals surface area (Å²) >= 11 is 6.32. The fourth-order valence-electron chi connectivity index (χ4n) is 4.16. The molecule has 0 unspecified atom stereocenters. The van der Waals surface area contributed by atoms with Crippen LogP contribution in [0.5, 0.6) is 11.5 Å². The maximum Gasteiger partial charge on any atom is 0.272 e. The number of hydrogen-bond donors (Lipinski definition) is 2. The highest BCUT2D eigenvalue weighted by Crippen LogP contribution is 2.28. The van der Waals surface area contributed by atoms with Gasteiger partial charge in [-0.3, -0.25) is 9.59 Å². The van der Waals surface area contributed by atoms with Crippen LogP contribution < -0.4 is 20.2 Å². The third-order valence-electron chi connectivity index (χ3n) is 6.15. The Morgan fingerprint density at radius 2 is 1.68 bits per heavy atom. The number of nitrogens with one attached hydrogen (secondary N) is 2. The average molecular weight is 559 g/mol. The van der Waals surface area contributed by atoms with Crippen molar-refractivity contribution in [2.75, 3.05) is 18.5 Å². The third-order valence-corrected chi connectivity index (χ3v) is 6.48. The minimum absolute atomic E-state index is 0.181. The quantitative estimate of drug-likeness (QED) is 0.178. The molecule has 0 fully saturated rings. The van der Waals surface area contributed by atoms with Crippen molar-refractivity contribution in [3.63, 3.8) is 0 Å². The predicted octanol–water partition coefficient (Wildman–Crippen LogP) is 6.24. The first-order valence-electron chi connectivity index (χ1n) is 12.8. The van der Waals surface area contributed by atoms with Crippen molar-refractivity contribution in [1.82, 2.24) is 9.99 Å². The van der Waals surface area contributed by atoms with Crippen molar-refractivity contribution in [3.05, 3.63) is 106 Å². The zero-order valence-electron chi connectivity index (χ0n) is 22.8. The first-order chi connectivity index (χ1) is 19.3. The standard InChI is InChI=1S/C31H31ClN4O4/c1-5-39-29-16-23(12-15-28(29)40-19-30(37)34-27-9-7-6-8-20(27)2)18-33-35-31(38)25-17-24(13-14-26(25)32)36-21(3)10-11-22(36)4/h6-18H,5,19H2,1-4H3,(H,34,37)(H,35,38). The molecule has 0 spiro atoms. The van der Waals surface area contributed by atoms with E-state index in [0.29, 0.717) is 34.3 Å². The first kappa shape index (κ1) is 28.4. The molecule has 2 N–H and O–H groups in total. The van der Waals surface area contributed by atoms with Gasteiger partial charge in [0, 0.05) is 22.8 Å². The predicted molar refractivity (Wildman–Crippen MR) is 158 cm³/mol. The number of nitrogens with zero attached hydrogens (tertiary/aromatic N) is 2.